The zero-order chi connectivity index (χ0) is 16.9. The van der Waals surface area contributed by atoms with E-state index in [4.69, 9.17) is 0 Å². The molecular formula is C18H16N4O2. The highest BCUT2D eigenvalue weighted by molar-refractivity contribution is 5.83. The summed E-state index contributed by atoms with van der Waals surface area (Å²) in [6, 6.07) is 16.6. The minimum Gasteiger partial charge on any atom is -0.296 e. The lowest BCUT2D eigenvalue weighted by molar-refractivity contribution is -0.121. The van der Waals surface area contributed by atoms with Crippen molar-refractivity contribution in [3.8, 4) is 0 Å². The lowest BCUT2D eigenvalue weighted by Gasteiger charge is -2.09. The smallest absolute Gasteiger partial charge is 0.272 e. The minimum atomic E-state index is -0.375. The van der Waals surface area contributed by atoms with Gasteiger partial charge in [-0.15, -0.1) is 0 Å². The second-order valence-electron chi connectivity index (χ2n) is 5.28. The van der Waals surface area contributed by atoms with Crippen LogP contribution in [-0.2, 0) is 11.3 Å². The molecule has 1 aromatic heterocycles. The third-order valence-corrected chi connectivity index (χ3v) is 3.52. The molecular weight excluding hydrogens is 304 g/mol. The number of amides is 1. The van der Waals surface area contributed by atoms with E-state index in [2.05, 4.69) is 15.5 Å². The average molecular weight is 320 g/mol. The zero-order valence-electron chi connectivity index (χ0n) is 13.1. The van der Waals surface area contributed by atoms with E-state index in [0.29, 0.717) is 16.7 Å². The van der Waals surface area contributed by atoms with Gasteiger partial charge in [0.05, 0.1) is 17.2 Å². The molecule has 1 N–H and O–H groups in total. The van der Waals surface area contributed by atoms with Gasteiger partial charge < -0.3 is 0 Å². The van der Waals surface area contributed by atoms with Crippen molar-refractivity contribution in [2.45, 2.75) is 13.5 Å². The molecule has 24 heavy (non-hydrogen) atoms. The number of nitrogens with one attached hydrogen (secondary N) is 1. The quantitative estimate of drug-likeness (QED) is 0.589. The van der Waals surface area contributed by atoms with Crippen LogP contribution in [0.15, 0.2) is 64.5 Å². The SMILES string of the molecule is Cc1nc2ccccc2n(CC(=O)N/N=C\c2ccccc2)c1=O. The van der Waals surface area contributed by atoms with Crippen molar-refractivity contribution in [2.75, 3.05) is 0 Å². The van der Waals surface area contributed by atoms with Gasteiger partial charge in [0.25, 0.3) is 11.5 Å². The normalized spacial score (nSPS) is 11.0. The van der Waals surface area contributed by atoms with E-state index in [1.165, 1.54) is 4.57 Å². The summed E-state index contributed by atoms with van der Waals surface area (Å²) < 4.78 is 1.41. The molecule has 0 saturated heterocycles. The van der Waals surface area contributed by atoms with E-state index in [9.17, 15) is 9.59 Å². The lowest BCUT2D eigenvalue weighted by atomic mass is 10.2. The van der Waals surface area contributed by atoms with Crippen molar-refractivity contribution in [1.82, 2.24) is 15.0 Å². The van der Waals surface area contributed by atoms with E-state index in [-0.39, 0.29) is 18.0 Å². The van der Waals surface area contributed by atoms with Gasteiger partial charge in [0.2, 0.25) is 0 Å². The fourth-order valence-electron chi connectivity index (χ4n) is 2.37. The van der Waals surface area contributed by atoms with Gasteiger partial charge in [-0.1, -0.05) is 42.5 Å². The summed E-state index contributed by atoms with van der Waals surface area (Å²) in [4.78, 5) is 28.7. The summed E-state index contributed by atoms with van der Waals surface area (Å²) in [6.07, 6.45) is 1.55. The molecule has 0 spiro atoms. The molecule has 3 aromatic rings. The first-order valence-corrected chi connectivity index (χ1v) is 7.48. The number of benzene rings is 2. The van der Waals surface area contributed by atoms with Gasteiger partial charge >= 0.3 is 0 Å². The molecule has 120 valence electrons. The summed E-state index contributed by atoms with van der Waals surface area (Å²) in [5.41, 5.74) is 4.69. The number of fused-ring (bicyclic) bond motifs is 1. The van der Waals surface area contributed by atoms with E-state index in [1.807, 2.05) is 42.5 Å². The highest BCUT2D eigenvalue weighted by Gasteiger charge is 2.10. The average Bonchev–Trinajstić information content (AvgIpc) is 2.60. The fraction of sp³-hybridized carbons (Fsp3) is 0.111. The Morgan fingerprint density at radius 2 is 1.88 bits per heavy atom. The van der Waals surface area contributed by atoms with E-state index >= 15 is 0 Å². The molecule has 1 amide bonds. The predicted molar refractivity (Wildman–Crippen MR) is 92.9 cm³/mol. The maximum absolute atomic E-state index is 12.3. The number of para-hydroxylation sites is 2. The van der Waals surface area contributed by atoms with Crippen molar-refractivity contribution in [3.63, 3.8) is 0 Å². The maximum atomic E-state index is 12.3. The third-order valence-electron chi connectivity index (χ3n) is 3.52. The molecule has 1 heterocycles. The molecule has 2 aromatic carbocycles. The van der Waals surface area contributed by atoms with Gasteiger partial charge in [-0.05, 0) is 24.6 Å². The van der Waals surface area contributed by atoms with Crippen LogP contribution in [0.1, 0.15) is 11.3 Å². The summed E-state index contributed by atoms with van der Waals surface area (Å²) in [6.45, 7) is 1.52. The lowest BCUT2D eigenvalue weighted by Crippen LogP contribution is -2.31. The van der Waals surface area contributed by atoms with Crippen LogP contribution in [0.25, 0.3) is 11.0 Å². The van der Waals surface area contributed by atoms with Crippen LogP contribution in [0.4, 0.5) is 0 Å². The number of rotatable bonds is 4. The van der Waals surface area contributed by atoms with Gasteiger partial charge in [0.15, 0.2) is 0 Å². The Kier molecular flexibility index (Phi) is 4.47. The van der Waals surface area contributed by atoms with Crippen LogP contribution >= 0.6 is 0 Å². The van der Waals surface area contributed by atoms with Crippen LogP contribution in [0, 0.1) is 6.92 Å². The molecule has 3 rings (SSSR count). The van der Waals surface area contributed by atoms with E-state index in [0.717, 1.165) is 5.56 Å². The zero-order valence-corrected chi connectivity index (χ0v) is 13.1. The molecule has 0 bridgehead atoms. The number of hydrazone groups is 1. The molecule has 0 radical (unpaired) electrons. The molecule has 0 atom stereocenters. The molecule has 0 fully saturated rings. The first-order valence-electron chi connectivity index (χ1n) is 7.48. The minimum absolute atomic E-state index is 0.116. The Labute approximate surface area is 138 Å². The summed E-state index contributed by atoms with van der Waals surface area (Å²) in [7, 11) is 0. The maximum Gasteiger partial charge on any atom is 0.272 e. The second-order valence-corrected chi connectivity index (χ2v) is 5.28. The summed E-state index contributed by atoms with van der Waals surface area (Å²) in [5, 5.41) is 3.91. The van der Waals surface area contributed by atoms with Gasteiger partial charge in [-0.3, -0.25) is 14.2 Å². The molecule has 6 heteroatoms. The Morgan fingerprint density at radius 1 is 1.17 bits per heavy atom. The number of hydrogen-bond donors (Lipinski definition) is 1. The molecule has 0 saturated carbocycles. The number of carbonyl (C=O) groups is 1. The molecule has 6 nitrogen and oxygen atoms in total. The van der Waals surface area contributed by atoms with E-state index in [1.54, 1.807) is 25.3 Å². The molecule has 0 aliphatic carbocycles. The fourth-order valence-corrected chi connectivity index (χ4v) is 2.37. The van der Waals surface area contributed by atoms with E-state index < -0.39 is 0 Å². The highest BCUT2D eigenvalue weighted by Crippen LogP contribution is 2.09. The molecule has 0 unspecified atom stereocenters. The Balaban J connectivity index is 1.80. The van der Waals surface area contributed by atoms with Crippen molar-refractivity contribution in [1.29, 1.82) is 0 Å². The third kappa shape index (κ3) is 3.38. The number of nitrogens with zero attached hydrogens (tertiary/aromatic N) is 3. The van der Waals surface area contributed by atoms with Crippen molar-refractivity contribution in [3.05, 3.63) is 76.2 Å². The second kappa shape index (κ2) is 6.87. The highest BCUT2D eigenvalue weighted by atomic mass is 16.2. The Bertz CT molecular complexity index is 962. The van der Waals surface area contributed by atoms with Crippen LogP contribution in [-0.4, -0.2) is 21.7 Å². The largest absolute Gasteiger partial charge is 0.296 e. The predicted octanol–water partition coefficient (Wildman–Crippen LogP) is 1.86. The Hall–Kier alpha value is -3.28. The first kappa shape index (κ1) is 15.6. The van der Waals surface area contributed by atoms with Crippen LogP contribution in [0.5, 0.6) is 0 Å². The van der Waals surface area contributed by atoms with Crippen molar-refractivity contribution in [2.24, 2.45) is 5.10 Å². The van der Waals surface area contributed by atoms with Gasteiger partial charge in [-0.25, -0.2) is 10.4 Å². The number of hydrogen-bond acceptors (Lipinski definition) is 4. The van der Waals surface area contributed by atoms with Crippen molar-refractivity contribution < 1.29 is 4.79 Å². The van der Waals surface area contributed by atoms with Gasteiger partial charge in [-0.2, -0.15) is 5.10 Å². The summed E-state index contributed by atoms with van der Waals surface area (Å²) >= 11 is 0. The molecule has 0 aliphatic heterocycles. The topological polar surface area (TPSA) is 76.3 Å². The van der Waals surface area contributed by atoms with Crippen LogP contribution < -0.4 is 11.0 Å². The number of aromatic nitrogens is 2. The molecule has 0 aliphatic rings. The summed E-state index contributed by atoms with van der Waals surface area (Å²) in [5.74, 6) is -0.375. The van der Waals surface area contributed by atoms with Crippen LogP contribution in [0.3, 0.4) is 0 Å². The van der Waals surface area contributed by atoms with Crippen molar-refractivity contribution >= 4 is 23.2 Å². The van der Waals surface area contributed by atoms with Gasteiger partial charge in [0.1, 0.15) is 12.2 Å². The standard InChI is InChI=1S/C18H16N4O2/c1-13-18(24)22(16-10-6-5-9-15(16)20-13)12-17(23)21-19-11-14-7-3-2-4-8-14/h2-11H,12H2,1H3,(H,21,23)/b19-11-. The Morgan fingerprint density at radius 3 is 2.67 bits per heavy atom. The van der Waals surface area contributed by atoms with Gasteiger partial charge in [0, 0.05) is 0 Å². The van der Waals surface area contributed by atoms with Crippen LogP contribution in [0.2, 0.25) is 0 Å². The number of aryl methyl sites for hydroxylation is 1. The number of carbonyl (C=O) groups excluding carboxylic acids is 1. The monoisotopic (exact) mass is 320 g/mol. The first-order chi connectivity index (χ1) is 11.6.